The van der Waals surface area contributed by atoms with Gasteiger partial charge in [-0.1, -0.05) is 0 Å². The van der Waals surface area contributed by atoms with Gasteiger partial charge in [0.1, 0.15) is 0 Å². The van der Waals surface area contributed by atoms with Gasteiger partial charge in [0, 0.05) is 5.92 Å². The van der Waals surface area contributed by atoms with Crippen LogP contribution in [0.15, 0.2) is 0 Å². The summed E-state index contributed by atoms with van der Waals surface area (Å²) < 4.78 is 5.31. The van der Waals surface area contributed by atoms with Crippen LogP contribution in [0.5, 0.6) is 0 Å². The van der Waals surface area contributed by atoms with Crippen molar-refractivity contribution in [3.63, 3.8) is 0 Å². The summed E-state index contributed by atoms with van der Waals surface area (Å²) in [6.07, 6.45) is 4.46. The van der Waals surface area contributed by atoms with Gasteiger partial charge < -0.3 is 9.84 Å². The summed E-state index contributed by atoms with van der Waals surface area (Å²) in [7, 11) is 0. The molecule has 0 unspecified atom stereocenters. The normalized spacial score (nSPS) is 49.7. The number of hydrogen-bond donors (Lipinski definition) is 1. The Morgan fingerprint density at radius 3 is 3.11 bits per heavy atom. The fraction of sp³-hybridized carbons (Fsp3) is 0.857. The largest absolute Gasteiger partial charge is 0.390 e. The van der Waals surface area contributed by atoms with Gasteiger partial charge in [0.25, 0.3) is 0 Å². The van der Waals surface area contributed by atoms with Gasteiger partial charge in [0.05, 0.1) is 18.8 Å². The number of aliphatic hydroxyl groups excluding tert-OH is 1. The number of fused-ring (bicyclic) bond motifs is 1. The van der Waals surface area contributed by atoms with Crippen LogP contribution in [0.4, 0.5) is 0 Å². The molecular weight excluding hydrogens is 116 g/mol. The average Bonchev–Trinajstić information content (AvgIpc) is 2.35. The lowest BCUT2D eigenvalue weighted by Crippen LogP contribution is -2.18. The molecule has 2 aliphatic rings. The first-order valence-electron chi connectivity index (χ1n) is 3.49. The Morgan fingerprint density at radius 1 is 1.44 bits per heavy atom. The van der Waals surface area contributed by atoms with E-state index < -0.39 is 0 Å². The van der Waals surface area contributed by atoms with Crippen LogP contribution >= 0.6 is 0 Å². The van der Waals surface area contributed by atoms with Crippen molar-refractivity contribution in [3.05, 3.63) is 6.42 Å². The Hall–Kier alpha value is -0.0800. The van der Waals surface area contributed by atoms with Crippen molar-refractivity contribution in [3.8, 4) is 0 Å². The van der Waals surface area contributed by atoms with Crippen LogP contribution in [-0.4, -0.2) is 23.9 Å². The van der Waals surface area contributed by atoms with Crippen molar-refractivity contribution >= 4 is 0 Å². The summed E-state index contributed by atoms with van der Waals surface area (Å²) in [6.45, 7) is 0.559. The molecule has 1 heterocycles. The standard InChI is InChI=1S/C7H11O2/c8-6-4-9-7-3-1-2-5(6)7/h1,5-8H,2-4H2/t5-,6-,7-/m1/s1. The molecule has 0 spiro atoms. The van der Waals surface area contributed by atoms with E-state index in [0.29, 0.717) is 18.6 Å². The number of hydrogen-bond acceptors (Lipinski definition) is 2. The topological polar surface area (TPSA) is 29.5 Å². The first-order chi connectivity index (χ1) is 4.38. The molecule has 1 N–H and O–H groups in total. The van der Waals surface area contributed by atoms with Crippen molar-refractivity contribution in [2.75, 3.05) is 6.61 Å². The van der Waals surface area contributed by atoms with E-state index in [1.54, 1.807) is 0 Å². The predicted octanol–water partition coefficient (Wildman–Crippen LogP) is 0.360. The molecule has 2 fully saturated rings. The lowest BCUT2D eigenvalue weighted by molar-refractivity contribution is 0.0896. The lowest BCUT2D eigenvalue weighted by Gasteiger charge is -2.08. The maximum atomic E-state index is 9.25. The second-order valence-corrected chi connectivity index (χ2v) is 2.86. The third-order valence-electron chi connectivity index (χ3n) is 2.29. The smallest absolute Gasteiger partial charge is 0.0826 e. The van der Waals surface area contributed by atoms with Gasteiger partial charge in [-0.25, -0.2) is 0 Å². The summed E-state index contributed by atoms with van der Waals surface area (Å²) in [5, 5.41) is 9.25. The molecule has 2 heteroatoms. The molecule has 1 aliphatic heterocycles. The highest BCUT2D eigenvalue weighted by Crippen LogP contribution is 2.34. The van der Waals surface area contributed by atoms with E-state index in [0.717, 1.165) is 12.8 Å². The van der Waals surface area contributed by atoms with Gasteiger partial charge in [0.2, 0.25) is 0 Å². The minimum absolute atomic E-state index is 0.186. The monoisotopic (exact) mass is 127 g/mol. The molecular formula is C7H11O2. The number of ether oxygens (including phenoxy) is 1. The molecule has 51 valence electrons. The van der Waals surface area contributed by atoms with Gasteiger partial charge >= 0.3 is 0 Å². The summed E-state index contributed by atoms with van der Waals surface area (Å²) in [6, 6.07) is 0. The highest BCUT2D eigenvalue weighted by atomic mass is 16.5. The van der Waals surface area contributed by atoms with E-state index in [4.69, 9.17) is 4.74 Å². The van der Waals surface area contributed by atoms with Crippen molar-refractivity contribution in [1.29, 1.82) is 0 Å². The van der Waals surface area contributed by atoms with Crippen molar-refractivity contribution < 1.29 is 9.84 Å². The molecule has 0 bridgehead atoms. The summed E-state index contributed by atoms with van der Waals surface area (Å²) >= 11 is 0. The summed E-state index contributed by atoms with van der Waals surface area (Å²) in [5.74, 6) is 0.421. The van der Waals surface area contributed by atoms with Gasteiger partial charge in [0.15, 0.2) is 0 Å². The van der Waals surface area contributed by atoms with E-state index in [1.165, 1.54) is 0 Å². The summed E-state index contributed by atoms with van der Waals surface area (Å²) in [5.41, 5.74) is 0. The van der Waals surface area contributed by atoms with Gasteiger partial charge in [-0.3, -0.25) is 0 Å². The Bertz CT molecular complexity index is 113. The van der Waals surface area contributed by atoms with E-state index in [9.17, 15) is 5.11 Å². The van der Waals surface area contributed by atoms with Crippen molar-refractivity contribution in [1.82, 2.24) is 0 Å². The Kier molecular flexibility index (Phi) is 1.24. The Balaban J connectivity index is 2.07. The van der Waals surface area contributed by atoms with Crippen LogP contribution in [0.2, 0.25) is 0 Å². The molecule has 1 saturated carbocycles. The molecule has 1 radical (unpaired) electrons. The van der Waals surface area contributed by atoms with Crippen LogP contribution in [0.25, 0.3) is 0 Å². The van der Waals surface area contributed by atoms with Crippen LogP contribution in [0.3, 0.4) is 0 Å². The number of aliphatic hydroxyl groups is 1. The zero-order valence-electron chi connectivity index (χ0n) is 5.29. The number of rotatable bonds is 0. The Labute approximate surface area is 54.8 Å². The van der Waals surface area contributed by atoms with Crippen LogP contribution in [0.1, 0.15) is 12.8 Å². The molecule has 0 aromatic carbocycles. The van der Waals surface area contributed by atoms with Gasteiger partial charge in [-0.15, -0.1) is 0 Å². The zero-order valence-corrected chi connectivity index (χ0v) is 5.29. The highest BCUT2D eigenvalue weighted by Gasteiger charge is 2.39. The van der Waals surface area contributed by atoms with Crippen molar-refractivity contribution in [2.45, 2.75) is 25.0 Å². The van der Waals surface area contributed by atoms with Crippen LogP contribution in [-0.2, 0) is 4.74 Å². The highest BCUT2D eigenvalue weighted by molar-refractivity contribution is 4.96. The second kappa shape index (κ2) is 1.96. The third-order valence-corrected chi connectivity index (χ3v) is 2.29. The SMILES string of the molecule is O[C@@H]1CO[C@@H]2C[CH]C[C@H]12. The first-order valence-corrected chi connectivity index (χ1v) is 3.49. The molecule has 2 nitrogen and oxygen atoms in total. The lowest BCUT2D eigenvalue weighted by atomic mass is 10.0. The summed E-state index contributed by atoms with van der Waals surface area (Å²) in [4.78, 5) is 0. The molecule has 2 rings (SSSR count). The minimum atomic E-state index is -0.186. The fourth-order valence-electron chi connectivity index (χ4n) is 1.72. The molecule has 9 heavy (non-hydrogen) atoms. The van der Waals surface area contributed by atoms with E-state index in [2.05, 4.69) is 6.42 Å². The van der Waals surface area contributed by atoms with E-state index in [-0.39, 0.29) is 6.10 Å². The van der Waals surface area contributed by atoms with Gasteiger partial charge in [-0.2, -0.15) is 0 Å². The van der Waals surface area contributed by atoms with Gasteiger partial charge in [-0.05, 0) is 19.3 Å². The van der Waals surface area contributed by atoms with Crippen LogP contribution < -0.4 is 0 Å². The average molecular weight is 127 g/mol. The molecule has 0 aromatic rings. The predicted molar refractivity (Wildman–Crippen MR) is 32.8 cm³/mol. The van der Waals surface area contributed by atoms with Crippen molar-refractivity contribution in [2.24, 2.45) is 5.92 Å². The fourth-order valence-corrected chi connectivity index (χ4v) is 1.72. The molecule has 1 saturated heterocycles. The maximum absolute atomic E-state index is 9.25. The molecule has 0 amide bonds. The second-order valence-electron chi connectivity index (χ2n) is 2.86. The molecule has 1 aliphatic carbocycles. The minimum Gasteiger partial charge on any atom is -0.390 e. The van der Waals surface area contributed by atoms with E-state index in [1.807, 2.05) is 0 Å². The quantitative estimate of drug-likeness (QED) is 0.509. The van der Waals surface area contributed by atoms with Crippen LogP contribution in [0, 0.1) is 12.3 Å². The third kappa shape index (κ3) is 0.775. The Morgan fingerprint density at radius 2 is 2.33 bits per heavy atom. The molecule has 3 atom stereocenters. The van der Waals surface area contributed by atoms with E-state index >= 15 is 0 Å². The molecule has 0 aromatic heterocycles. The first kappa shape index (κ1) is 5.69. The zero-order chi connectivity index (χ0) is 6.27. The maximum Gasteiger partial charge on any atom is 0.0826 e.